The van der Waals surface area contributed by atoms with E-state index >= 15 is 0 Å². The Bertz CT molecular complexity index is 176. The normalized spacial score (nSPS) is 26.4. The van der Waals surface area contributed by atoms with Crippen LogP contribution in [0.5, 0.6) is 0 Å². The lowest BCUT2D eigenvalue weighted by Crippen LogP contribution is -2.24. The Morgan fingerprint density at radius 2 is 2.60 bits per heavy atom. The molecule has 0 saturated heterocycles. The van der Waals surface area contributed by atoms with E-state index in [4.69, 9.17) is 9.47 Å². The van der Waals surface area contributed by atoms with E-state index in [0.29, 0.717) is 4.48 Å². The molecule has 3 nitrogen and oxygen atoms in total. The van der Waals surface area contributed by atoms with Crippen molar-refractivity contribution in [2.45, 2.75) is 6.29 Å². The van der Waals surface area contributed by atoms with E-state index in [2.05, 4.69) is 15.9 Å². The summed E-state index contributed by atoms with van der Waals surface area (Å²) in [5.41, 5.74) is 0. The van der Waals surface area contributed by atoms with Crippen molar-refractivity contribution in [1.29, 1.82) is 0 Å². The molecule has 0 radical (unpaired) electrons. The molecule has 0 aliphatic carbocycles. The Kier molecular flexibility index (Phi) is 2.59. The van der Waals surface area contributed by atoms with Crippen molar-refractivity contribution in [2.75, 3.05) is 13.7 Å². The largest absolute Gasteiger partial charge is 0.352 e. The molecule has 1 unspecified atom stereocenters. The van der Waals surface area contributed by atoms with Crippen LogP contribution in [0.25, 0.3) is 0 Å². The number of rotatable bonds is 1. The highest BCUT2D eigenvalue weighted by molar-refractivity contribution is 9.12. The predicted molar refractivity (Wildman–Crippen MR) is 38.8 cm³/mol. The number of Topliss-reactive ketones (excluding diaryl/α,β-unsaturated/α-hetero) is 1. The molecular formula is C6H7BrO3. The van der Waals surface area contributed by atoms with Crippen LogP contribution < -0.4 is 0 Å². The molecule has 0 saturated carbocycles. The van der Waals surface area contributed by atoms with Gasteiger partial charge in [0.25, 0.3) is 0 Å². The highest BCUT2D eigenvalue weighted by Crippen LogP contribution is 2.15. The van der Waals surface area contributed by atoms with E-state index in [1.54, 1.807) is 6.08 Å². The van der Waals surface area contributed by atoms with Crippen LogP contribution in [-0.2, 0) is 14.3 Å². The van der Waals surface area contributed by atoms with E-state index in [0.717, 1.165) is 0 Å². The highest BCUT2D eigenvalue weighted by atomic mass is 79.9. The van der Waals surface area contributed by atoms with Gasteiger partial charge in [-0.05, 0) is 22.0 Å². The Labute approximate surface area is 67.1 Å². The van der Waals surface area contributed by atoms with E-state index in [9.17, 15) is 4.79 Å². The summed E-state index contributed by atoms with van der Waals surface area (Å²) in [6, 6.07) is 0. The van der Waals surface area contributed by atoms with E-state index in [1.165, 1.54) is 7.11 Å². The molecule has 56 valence electrons. The van der Waals surface area contributed by atoms with Gasteiger partial charge in [-0.25, -0.2) is 0 Å². The molecule has 1 heterocycles. The lowest BCUT2D eigenvalue weighted by Gasteiger charge is -2.16. The van der Waals surface area contributed by atoms with E-state index in [-0.39, 0.29) is 18.7 Å². The fourth-order valence-electron chi connectivity index (χ4n) is 0.623. The van der Waals surface area contributed by atoms with Crippen molar-refractivity contribution in [3.63, 3.8) is 0 Å². The number of carbonyl (C=O) groups is 1. The monoisotopic (exact) mass is 206 g/mol. The first-order valence-electron chi connectivity index (χ1n) is 2.79. The van der Waals surface area contributed by atoms with Crippen molar-refractivity contribution in [3.8, 4) is 0 Å². The Morgan fingerprint density at radius 3 is 3.10 bits per heavy atom. The fraction of sp³-hybridized carbons (Fsp3) is 0.500. The molecule has 1 atom stereocenters. The summed E-state index contributed by atoms with van der Waals surface area (Å²) < 4.78 is 10.3. The fourth-order valence-corrected chi connectivity index (χ4v) is 0.954. The molecule has 0 aromatic carbocycles. The number of hydrogen-bond donors (Lipinski definition) is 0. The second-order valence-electron chi connectivity index (χ2n) is 1.85. The third-order valence-electron chi connectivity index (χ3n) is 1.16. The van der Waals surface area contributed by atoms with Gasteiger partial charge in [-0.1, -0.05) is 0 Å². The van der Waals surface area contributed by atoms with Crippen molar-refractivity contribution in [1.82, 2.24) is 0 Å². The molecule has 0 aromatic rings. The van der Waals surface area contributed by atoms with Gasteiger partial charge in [0.05, 0.1) is 4.48 Å². The zero-order valence-electron chi connectivity index (χ0n) is 5.46. The topological polar surface area (TPSA) is 35.5 Å². The van der Waals surface area contributed by atoms with Gasteiger partial charge in [0.2, 0.25) is 0 Å². The number of ketones is 1. The second-order valence-corrected chi connectivity index (χ2v) is 2.71. The van der Waals surface area contributed by atoms with Crippen molar-refractivity contribution in [2.24, 2.45) is 0 Å². The van der Waals surface area contributed by atoms with Crippen molar-refractivity contribution >= 4 is 21.7 Å². The van der Waals surface area contributed by atoms with Crippen LogP contribution in [-0.4, -0.2) is 25.8 Å². The first-order chi connectivity index (χ1) is 4.74. The summed E-state index contributed by atoms with van der Waals surface area (Å²) in [4.78, 5) is 10.8. The van der Waals surface area contributed by atoms with E-state index in [1.807, 2.05) is 0 Å². The van der Waals surface area contributed by atoms with Crippen LogP contribution in [0.1, 0.15) is 0 Å². The standard InChI is InChI=1S/C6H7BrO3/c1-9-6-2-4(7)5(8)3-10-6/h2,6H,3H2,1H3. The molecule has 1 rings (SSSR count). The molecule has 1 aliphatic heterocycles. The Hall–Kier alpha value is -0.190. The number of halogens is 1. The first kappa shape index (κ1) is 7.91. The van der Waals surface area contributed by atoms with Crippen molar-refractivity contribution < 1.29 is 14.3 Å². The van der Waals surface area contributed by atoms with Gasteiger partial charge in [0.15, 0.2) is 12.1 Å². The van der Waals surface area contributed by atoms with Gasteiger partial charge in [-0.2, -0.15) is 0 Å². The van der Waals surface area contributed by atoms with Crippen LogP contribution >= 0.6 is 15.9 Å². The summed E-state index contributed by atoms with van der Waals surface area (Å²) in [7, 11) is 1.53. The molecule has 0 fully saturated rings. The molecule has 0 amide bonds. The van der Waals surface area contributed by atoms with Crippen molar-refractivity contribution in [3.05, 3.63) is 10.6 Å². The van der Waals surface area contributed by atoms with Gasteiger partial charge >= 0.3 is 0 Å². The number of ether oxygens (including phenoxy) is 2. The number of carbonyl (C=O) groups excluding carboxylic acids is 1. The Morgan fingerprint density at radius 1 is 1.90 bits per heavy atom. The average molecular weight is 207 g/mol. The third kappa shape index (κ3) is 1.65. The maximum Gasteiger partial charge on any atom is 0.195 e. The van der Waals surface area contributed by atoms with Crippen LogP contribution in [0.4, 0.5) is 0 Å². The van der Waals surface area contributed by atoms with Gasteiger partial charge in [-0.15, -0.1) is 0 Å². The van der Waals surface area contributed by atoms with Crippen LogP contribution in [0.15, 0.2) is 10.6 Å². The minimum Gasteiger partial charge on any atom is -0.352 e. The number of methoxy groups -OCH3 is 1. The minimum atomic E-state index is -0.382. The molecule has 0 spiro atoms. The van der Waals surface area contributed by atoms with Crippen LogP contribution in [0, 0.1) is 0 Å². The second kappa shape index (κ2) is 3.27. The lowest BCUT2D eigenvalue weighted by molar-refractivity contribution is -0.136. The predicted octanol–water partition coefficient (Wildman–Crippen LogP) is 0.837. The quantitative estimate of drug-likeness (QED) is 0.638. The molecule has 4 heteroatoms. The summed E-state index contributed by atoms with van der Waals surface area (Å²) in [5.74, 6) is -0.0479. The number of hydrogen-bond acceptors (Lipinski definition) is 3. The zero-order valence-corrected chi connectivity index (χ0v) is 7.05. The zero-order chi connectivity index (χ0) is 7.56. The first-order valence-corrected chi connectivity index (χ1v) is 3.58. The third-order valence-corrected chi connectivity index (χ3v) is 1.87. The SMILES string of the molecule is COC1C=C(Br)C(=O)CO1. The minimum absolute atomic E-state index is 0.0479. The van der Waals surface area contributed by atoms with E-state index < -0.39 is 0 Å². The molecule has 1 aliphatic rings. The average Bonchev–Trinajstić information content (AvgIpc) is 1.95. The molecule has 0 bridgehead atoms. The Balaban J connectivity index is 2.65. The van der Waals surface area contributed by atoms with Gasteiger partial charge in [0, 0.05) is 7.11 Å². The summed E-state index contributed by atoms with van der Waals surface area (Å²) in [6.07, 6.45) is 1.21. The maximum atomic E-state index is 10.8. The van der Waals surface area contributed by atoms with Gasteiger partial charge in [-0.3, -0.25) is 4.79 Å². The molecule has 10 heavy (non-hydrogen) atoms. The van der Waals surface area contributed by atoms with Crippen LogP contribution in [0.3, 0.4) is 0 Å². The molecular weight excluding hydrogens is 200 g/mol. The van der Waals surface area contributed by atoms with Crippen LogP contribution in [0.2, 0.25) is 0 Å². The van der Waals surface area contributed by atoms with Gasteiger partial charge < -0.3 is 9.47 Å². The molecule has 0 N–H and O–H groups in total. The summed E-state index contributed by atoms with van der Waals surface area (Å²) in [5, 5.41) is 0. The lowest BCUT2D eigenvalue weighted by atomic mass is 10.3. The maximum absolute atomic E-state index is 10.8. The summed E-state index contributed by atoms with van der Waals surface area (Å²) in [6.45, 7) is 0.0928. The molecule has 0 aromatic heterocycles. The van der Waals surface area contributed by atoms with Gasteiger partial charge in [0.1, 0.15) is 6.61 Å². The highest BCUT2D eigenvalue weighted by Gasteiger charge is 2.17. The summed E-state index contributed by atoms with van der Waals surface area (Å²) >= 11 is 3.09. The smallest absolute Gasteiger partial charge is 0.195 e.